The van der Waals surface area contributed by atoms with E-state index in [0.29, 0.717) is 17.0 Å². The summed E-state index contributed by atoms with van der Waals surface area (Å²) in [6.07, 6.45) is 5.04. The van der Waals surface area contributed by atoms with Gasteiger partial charge in [-0.15, -0.1) is 0 Å². The second kappa shape index (κ2) is 7.39. The first-order valence-electron chi connectivity index (χ1n) is 11.2. The Morgan fingerprint density at radius 2 is 1.97 bits per heavy atom. The van der Waals surface area contributed by atoms with E-state index in [1.807, 2.05) is 33.8 Å². The first kappa shape index (κ1) is 23.4. The fourth-order valence-electron chi connectivity index (χ4n) is 6.33. The molecule has 1 fully saturated rings. The first-order valence-corrected chi connectivity index (χ1v) is 11.6. The Kier molecular flexibility index (Phi) is 5.41. The molecule has 3 aliphatic carbocycles. The van der Waals surface area contributed by atoms with Crippen LogP contribution in [0.25, 0.3) is 0 Å². The van der Waals surface area contributed by atoms with Gasteiger partial charge in [0.15, 0.2) is 11.9 Å². The molecule has 6 nitrogen and oxygen atoms in total. The molecule has 1 saturated carbocycles. The highest BCUT2D eigenvalue weighted by atomic mass is 35.5. The van der Waals surface area contributed by atoms with Gasteiger partial charge in [0.2, 0.25) is 5.88 Å². The Morgan fingerprint density at radius 1 is 1.28 bits per heavy atom. The Morgan fingerprint density at radius 3 is 2.59 bits per heavy atom. The highest BCUT2D eigenvalue weighted by Gasteiger charge is 2.72. The van der Waals surface area contributed by atoms with E-state index in [1.165, 1.54) is 0 Å². The van der Waals surface area contributed by atoms with E-state index in [-0.39, 0.29) is 36.5 Å². The van der Waals surface area contributed by atoms with Crippen LogP contribution < -0.4 is 10.5 Å². The molecule has 0 amide bonds. The van der Waals surface area contributed by atoms with Gasteiger partial charge >= 0.3 is 0 Å². The molecule has 1 aromatic rings. The molecule has 0 aromatic carbocycles. The summed E-state index contributed by atoms with van der Waals surface area (Å²) in [4.78, 5) is 18.7. The van der Waals surface area contributed by atoms with E-state index in [2.05, 4.69) is 11.9 Å². The molecule has 6 atom stereocenters. The third-order valence-electron chi connectivity index (χ3n) is 8.64. The van der Waals surface area contributed by atoms with E-state index in [4.69, 9.17) is 22.1 Å². The van der Waals surface area contributed by atoms with Gasteiger partial charge in [-0.2, -0.15) is 0 Å². The van der Waals surface area contributed by atoms with E-state index in [0.717, 1.165) is 5.57 Å². The van der Waals surface area contributed by atoms with Gasteiger partial charge in [0.05, 0.1) is 12.0 Å². The molecule has 0 radical (unpaired) electrons. The van der Waals surface area contributed by atoms with Crippen LogP contribution in [0, 0.1) is 22.7 Å². The van der Waals surface area contributed by atoms with Gasteiger partial charge in [0.1, 0.15) is 16.2 Å². The van der Waals surface area contributed by atoms with Crippen LogP contribution in [0.1, 0.15) is 47.5 Å². The van der Waals surface area contributed by atoms with Gasteiger partial charge in [-0.1, -0.05) is 51.4 Å². The van der Waals surface area contributed by atoms with Gasteiger partial charge in [-0.05, 0) is 53.9 Å². The van der Waals surface area contributed by atoms with Crippen LogP contribution in [0.5, 0.6) is 5.88 Å². The van der Waals surface area contributed by atoms with Gasteiger partial charge in [-0.25, -0.2) is 4.98 Å². The summed E-state index contributed by atoms with van der Waals surface area (Å²) in [5.74, 6) is -0.134. The summed E-state index contributed by atoms with van der Waals surface area (Å²) in [7, 11) is 0. The van der Waals surface area contributed by atoms with Gasteiger partial charge in [0, 0.05) is 12.6 Å². The molecule has 174 valence electrons. The standard InChI is InChI=1S/C25H33ClN2O4/c1-14-10-23-16(3)9-15(2)22(4,5)24(27,21(23)30)11-17(13-29)12-25(23,31)19(14)32-20-18(26)7-6-8-28-20/h6-8,10-11,15-16,19,29,31H,9,12-13,27H2,1-5H3/t15?,16?,19-,23?,24-,25-/m0/s1. The van der Waals surface area contributed by atoms with Crippen molar-refractivity contribution < 1.29 is 19.7 Å². The predicted octanol–water partition coefficient (Wildman–Crippen LogP) is 3.45. The molecule has 1 spiro atoms. The Labute approximate surface area is 194 Å². The lowest BCUT2D eigenvalue weighted by atomic mass is 9.58. The number of ketones is 1. The third kappa shape index (κ3) is 2.82. The molecule has 1 aromatic heterocycles. The van der Waals surface area contributed by atoms with Crippen molar-refractivity contribution in [2.45, 2.75) is 64.7 Å². The number of carbonyl (C=O) groups is 1. The topological polar surface area (TPSA) is 106 Å². The average Bonchev–Trinajstić information content (AvgIpc) is 2.88. The minimum absolute atomic E-state index is 0.0615. The summed E-state index contributed by atoms with van der Waals surface area (Å²) in [6, 6.07) is 3.36. The quantitative estimate of drug-likeness (QED) is 0.596. The number of carbonyl (C=O) groups excluding carboxylic acids is 1. The number of hydrogen-bond donors (Lipinski definition) is 3. The zero-order valence-electron chi connectivity index (χ0n) is 19.4. The summed E-state index contributed by atoms with van der Waals surface area (Å²) in [6.45, 7) is 9.66. The minimum atomic E-state index is -1.65. The van der Waals surface area contributed by atoms with Crippen molar-refractivity contribution in [3.8, 4) is 5.88 Å². The molecule has 4 N–H and O–H groups in total. The van der Waals surface area contributed by atoms with E-state index in [1.54, 1.807) is 24.4 Å². The number of aliphatic hydroxyl groups is 2. The lowest BCUT2D eigenvalue weighted by Gasteiger charge is -2.48. The van der Waals surface area contributed by atoms with Crippen molar-refractivity contribution in [3.63, 3.8) is 0 Å². The molecule has 32 heavy (non-hydrogen) atoms. The summed E-state index contributed by atoms with van der Waals surface area (Å²) in [5.41, 5.74) is 3.36. The number of aromatic nitrogens is 1. The van der Waals surface area contributed by atoms with E-state index in [9.17, 15) is 15.0 Å². The molecular formula is C25H33ClN2O4. The first-order chi connectivity index (χ1) is 14.8. The van der Waals surface area contributed by atoms with Crippen LogP contribution in [-0.4, -0.2) is 44.8 Å². The zero-order chi connectivity index (χ0) is 23.7. The number of ether oxygens (including phenoxy) is 1. The van der Waals surface area contributed by atoms with E-state index >= 15 is 0 Å². The lowest BCUT2D eigenvalue weighted by Crippen LogP contribution is -2.67. The molecular weight excluding hydrogens is 428 g/mol. The highest BCUT2D eigenvalue weighted by molar-refractivity contribution is 6.31. The van der Waals surface area contributed by atoms with Crippen molar-refractivity contribution in [1.29, 1.82) is 0 Å². The normalized spacial score (nSPS) is 40.7. The molecule has 2 bridgehead atoms. The number of rotatable bonds is 3. The van der Waals surface area contributed by atoms with Crippen LogP contribution in [0.15, 0.2) is 41.6 Å². The summed E-state index contributed by atoms with van der Waals surface area (Å²) < 4.78 is 6.21. The number of halogens is 1. The molecule has 0 saturated heterocycles. The second-order valence-corrected chi connectivity index (χ2v) is 11.0. The fourth-order valence-corrected chi connectivity index (χ4v) is 6.50. The SMILES string of the molecule is CC1=CC23C(=O)[C@@](N)(C=C(CO)C[C@]2(O)[C@H]1Oc1ncccc1Cl)C(C)(C)C(C)CC3C. The van der Waals surface area contributed by atoms with Crippen LogP contribution in [0.2, 0.25) is 5.02 Å². The highest BCUT2D eigenvalue weighted by Crippen LogP contribution is 2.63. The van der Waals surface area contributed by atoms with Gasteiger partial charge in [0.25, 0.3) is 0 Å². The van der Waals surface area contributed by atoms with Crippen LogP contribution in [0.3, 0.4) is 0 Å². The monoisotopic (exact) mass is 460 g/mol. The average molecular weight is 461 g/mol. The lowest BCUT2D eigenvalue weighted by molar-refractivity contribution is -0.161. The van der Waals surface area contributed by atoms with Gasteiger partial charge < -0.3 is 20.7 Å². The van der Waals surface area contributed by atoms with Crippen molar-refractivity contribution >= 4 is 17.4 Å². The Bertz CT molecular complexity index is 1020. The minimum Gasteiger partial charge on any atom is -0.466 e. The predicted molar refractivity (Wildman–Crippen MR) is 123 cm³/mol. The number of nitrogens with two attached hydrogens (primary N) is 1. The summed E-state index contributed by atoms with van der Waals surface area (Å²) >= 11 is 6.30. The van der Waals surface area contributed by atoms with Crippen LogP contribution in [0.4, 0.5) is 0 Å². The van der Waals surface area contributed by atoms with Crippen molar-refractivity contribution in [2.24, 2.45) is 28.4 Å². The largest absolute Gasteiger partial charge is 0.466 e. The maximum absolute atomic E-state index is 14.5. The molecule has 0 aliphatic heterocycles. The fraction of sp³-hybridized carbons (Fsp3) is 0.600. The molecule has 4 rings (SSSR count). The van der Waals surface area contributed by atoms with Crippen LogP contribution in [-0.2, 0) is 4.79 Å². The Hall–Kier alpha value is -1.73. The number of fused-ring (bicyclic) bond motifs is 1. The van der Waals surface area contributed by atoms with Gasteiger partial charge in [-0.3, -0.25) is 4.79 Å². The van der Waals surface area contributed by atoms with Crippen molar-refractivity contribution in [1.82, 2.24) is 4.98 Å². The Balaban J connectivity index is 1.96. The number of nitrogens with zero attached hydrogens (tertiary/aromatic N) is 1. The molecule has 3 unspecified atom stereocenters. The van der Waals surface area contributed by atoms with Crippen molar-refractivity contribution in [3.05, 3.63) is 46.7 Å². The number of Topliss-reactive ketones (excluding diaryl/α,β-unsaturated/α-hetero) is 1. The molecule has 7 heteroatoms. The number of pyridine rings is 1. The maximum Gasteiger partial charge on any atom is 0.233 e. The smallest absolute Gasteiger partial charge is 0.233 e. The number of hydrogen-bond acceptors (Lipinski definition) is 6. The zero-order valence-corrected chi connectivity index (χ0v) is 20.1. The van der Waals surface area contributed by atoms with E-state index < -0.39 is 28.1 Å². The third-order valence-corrected chi connectivity index (χ3v) is 8.93. The van der Waals surface area contributed by atoms with Crippen molar-refractivity contribution in [2.75, 3.05) is 6.61 Å². The molecule has 1 heterocycles. The van der Waals surface area contributed by atoms with Crippen LogP contribution >= 0.6 is 11.6 Å². The second-order valence-electron chi connectivity index (χ2n) is 10.6. The summed E-state index contributed by atoms with van der Waals surface area (Å²) in [5, 5.41) is 22.9. The number of aliphatic hydroxyl groups excluding tert-OH is 1. The molecule has 3 aliphatic rings. The maximum atomic E-state index is 14.5.